The Morgan fingerprint density at radius 2 is 2.11 bits per heavy atom. The summed E-state index contributed by atoms with van der Waals surface area (Å²) in [5, 5.41) is 13.0. The van der Waals surface area contributed by atoms with Gasteiger partial charge in [-0.15, -0.1) is 11.8 Å². The van der Waals surface area contributed by atoms with Gasteiger partial charge in [0.25, 0.3) is 0 Å². The van der Waals surface area contributed by atoms with Gasteiger partial charge >= 0.3 is 6.03 Å². The van der Waals surface area contributed by atoms with Crippen molar-refractivity contribution < 1.29 is 9.90 Å². The van der Waals surface area contributed by atoms with E-state index in [4.69, 9.17) is 0 Å². The van der Waals surface area contributed by atoms with Crippen molar-refractivity contribution >= 4 is 17.8 Å². The molecule has 1 aromatic rings. The molecular formula is C14H20N2O2S. The number of carbonyl (C=O) groups is 1. The lowest BCUT2D eigenvalue weighted by atomic mass is 10.1. The Bertz CT molecular complexity index is 476. The first-order valence-electron chi connectivity index (χ1n) is 6.43. The lowest BCUT2D eigenvalue weighted by Gasteiger charge is -2.26. The predicted octanol–water partition coefficient (Wildman–Crippen LogP) is 2.42. The van der Waals surface area contributed by atoms with Crippen molar-refractivity contribution in [2.75, 3.05) is 5.75 Å². The third-order valence-corrected chi connectivity index (χ3v) is 4.24. The van der Waals surface area contributed by atoms with E-state index in [1.54, 1.807) is 11.8 Å². The molecule has 19 heavy (non-hydrogen) atoms. The third-order valence-electron chi connectivity index (χ3n) is 3.24. The van der Waals surface area contributed by atoms with Crippen molar-refractivity contribution in [2.24, 2.45) is 0 Å². The van der Waals surface area contributed by atoms with Gasteiger partial charge in [-0.1, -0.05) is 25.1 Å². The number of aliphatic hydroxyl groups is 1. The Balaban J connectivity index is 2.20. The predicted molar refractivity (Wildman–Crippen MR) is 77.0 cm³/mol. The van der Waals surface area contributed by atoms with Gasteiger partial charge in [0.15, 0.2) is 6.23 Å². The smallest absolute Gasteiger partial charge is 0.320 e. The van der Waals surface area contributed by atoms with Crippen LogP contribution in [0.1, 0.15) is 26.3 Å². The summed E-state index contributed by atoms with van der Waals surface area (Å²) in [6.07, 6.45) is -0.806. The summed E-state index contributed by atoms with van der Waals surface area (Å²) in [6.45, 7) is 6.17. The van der Waals surface area contributed by atoms with Crippen LogP contribution in [-0.4, -0.2) is 33.6 Å². The van der Waals surface area contributed by atoms with E-state index in [-0.39, 0.29) is 6.03 Å². The Labute approximate surface area is 118 Å². The first kappa shape index (κ1) is 14.2. The minimum Gasteiger partial charge on any atom is -0.371 e. The summed E-state index contributed by atoms with van der Waals surface area (Å²) in [4.78, 5) is 14.6. The van der Waals surface area contributed by atoms with Gasteiger partial charge in [0, 0.05) is 4.90 Å². The lowest BCUT2D eigenvalue weighted by Crippen LogP contribution is -2.44. The highest BCUT2D eigenvalue weighted by Crippen LogP contribution is 2.27. The second kappa shape index (κ2) is 5.43. The van der Waals surface area contributed by atoms with Gasteiger partial charge in [-0.05, 0) is 31.2 Å². The topological polar surface area (TPSA) is 52.6 Å². The number of nitrogens with one attached hydrogen (secondary N) is 1. The standard InChI is InChI=1S/C14H20N2O2S/c1-4-19-11-8-6-5-7-10(11)9-16-12(17)14(2,3)15-13(16)18/h5-8,12,17H,4,9H2,1-3H3,(H,15,18). The number of amides is 2. The fourth-order valence-electron chi connectivity index (χ4n) is 2.19. The molecule has 1 aliphatic rings. The van der Waals surface area contributed by atoms with Crippen molar-refractivity contribution in [1.82, 2.24) is 10.2 Å². The summed E-state index contributed by atoms with van der Waals surface area (Å²) >= 11 is 1.75. The molecule has 0 saturated carbocycles. The van der Waals surface area contributed by atoms with Gasteiger partial charge < -0.3 is 10.4 Å². The maximum absolute atomic E-state index is 11.9. The molecule has 1 aromatic carbocycles. The van der Waals surface area contributed by atoms with Gasteiger partial charge in [0.1, 0.15) is 0 Å². The lowest BCUT2D eigenvalue weighted by molar-refractivity contribution is 0.0104. The second-order valence-corrected chi connectivity index (χ2v) is 6.50. The van der Waals surface area contributed by atoms with E-state index in [0.29, 0.717) is 6.54 Å². The highest BCUT2D eigenvalue weighted by molar-refractivity contribution is 7.99. The fraction of sp³-hybridized carbons (Fsp3) is 0.500. The summed E-state index contributed by atoms with van der Waals surface area (Å²) in [6, 6.07) is 7.79. The summed E-state index contributed by atoms with van der Waals surface area (Å²) in [7, 11) is 0. The number of hydrogen-bond donors (Lipinski definition) is 2. The molecule has 2 rings (SSSR count). The first-order valence-corrected chi connectivity index (χ1v) is 7.42. The van der Waals surface area contributed by atoms with Gasteiger partial charge in [-0.25, -0.2) is 4.79 Å². The number of thioether (sulfide) groups is 1. The van der Waals surface area contributed by atoms with Crippen LogP contribution in [0.2, 0.25) is 0 Å². The highest BCUT2D eigenvalue weighted by atomic mass is 32.2. The van der Waals surface area contributed by atoms with Crippen molar-refractivity contribution in [3.8, 4) is 0 Å². The van der Waals surface area contributed by atoms with E-state index >= 15 is 0 Å². The Morgan fingerprint density at radius 1 is 1.42 bits per heavy atom. The number of benzene rings is 1. The quantitative estimate of drug-likeness (QED) is 0.833. The van der Waals surface area contributed by atoms with E-state index in [9.17, 15) is 9.90 Å². The van der Waals surface area contributed by atoms with Crippen LogP contribution < -0.4 is 5.32 Å². The van der Waals surface area contributed by atoms with Crippen LogP contribution in [0.25, 0.3) is 0 Å². The molecule has 1 atom stereocenters. The fourth-order valence-corrected chi connectivity index (χ4v) is 2.99. The molecule has 5 heteroatoms. The molecular weight excluding hydrogens is 260 g/mol. The van der Waals surface area contributed by atoms with Gasteiger partial charge in [0.2, 0.25) is 0 Å². The minimum atomic E-state index is -0.806. The molecule has 0 aromatic heterocycles. The van der Waals surface area contributed by atoms with E-state index in [1.165, 1.54) is 4.90 Å². The van der Waals surface area contributed by atoms with E-state index in [0.717, 1.165) is 16.2 Å². The average molecular weight is 280 g/mol. The number of rotatable bonds is 4. The number of urea groups is 1. The maximum Gasteiger partial charge on any atom is 0.320 e. The van der Waals surface area contributed by atoms with Crippen molar-refractivity contribution in [2.45, 2.75) is 44.0 Å². The number of nitrogens with zero attached hydrogens (tertiary/aromatic N) is 1. The van der Waals surface area contributed by atoms with Crippen LogP contribution in [-0.2, 0) is 6.54 Å². The molecule has 4 nitrogen and oxygen atoms in total. The summed E-state index contributed by atoms with van der Waals surface area (Å²) in [5.74, 6) is 0.983. The van der Waals surface area contributed by atoms with Crippen molar-refractivity contribution in [1.29, 1.82) is 0 Å². The second-order valence-electron chi connectivity index (χ2n) is 5.19. The van der Waals surface area contributed by atoms with Crippen LogP contribution in [0.4, 0.5) is 4.79 Å². The molecule has 1 heterocycles. The van der Waals surface area contributed by atoms with Gasteiger partial charge in [0.05, 0.1) is 12.1 Å². The number of carbonyl (C=O) groups excluding carboxylic acids is 1. The molecule has 1 saturated heterocycles. The zero-order chi connectivity index (χ0) is 14.0. The summed E-state index contributed by atoms with van der Waals surface area (Å²) in [5.41, 5.74) is 0.463. The number of hydrogen-bond acceptors (Lipinski definition) is 3. The zero-order valence-corrected chi connectivity index (χ0v) is 12.3. The average Bonchev–Trinajstić information content (AvgIpc) is 2.54. The monoisotopic (exact) mass is 280 g/mol. The Hall–Kier alpha value is -1.20. The minimum absolute atomic E-state index is 0.214. The molecule has 0 aliphatic carbocycles. The molecule has 104 valence electrons. The number of aliphatic hydroxyl groups excluding tert-OH is 1. The van der Waals surface area contributed by atoms with Crippen LogP contribution >= 0.6 is 11.8 Å². The molecule has 1 aliphatic heterocycles. The van der Waals surface area contributed by atoms with Gasteiger partial charge in [-0.2, -0.15) is 0 Å². The van der Waals surface area contributed by atoms with Crippen LogP contribution in [0.15, 0.2) is 29.2 Å². The Kier molecular flexibility index (Phi) is 4.06. The molecule has 2 N–H and O–H groups in total. The third kappa shape index (κ3) is 2.87. The summed E-state index contributed by atoms with van der Waals surface area (Å²) < 4.78 is 0. The van der Waals surface area contributed by atoms with Crippen LogP contribution in [0.3, 0.4) is 0 Å². The highest BCUT2D eigenvalue weighted by Gasteiger charge is 2.44. The van der Waals surface area contributed by atoms with Crippen molar-refractivity contribution in [3.63, 3.8) is 0 Å². The molecule has 2 amide bonds. The SMILES string of the molecule is CCSc1ccccc1CN1C(=O)NC(C)(C)C1O. The van der Waals surface area contributed by atoms with Gasteiger partial charge in [-0.3, -0.25) is 4.90 Å². The largest absolute Gasteiger partial charge is 0.371 e. The van der Waals surface area contributed by atoms with E-state index in [2.05, 4.69) is 18.3 Å². The molecule has 0 spiro atoms. The van der Waals surface area contributed by atoms with E-state index < -0.39 is 11.8 Å². The van der Waals surface area contributed by atoms with Crippen LogP contribution in [0, 0.1) is 0 Å². The maximum atomic E-state index is 11.9. The zero-order valence-electron chi connectivity index (χ0n) is 11.5. The molecule has 0 bridgehead atoms. The first-order chi connectivity index (χ1) is 8.95. The molecule has 0 radical (unpaired) electrons. The van der Waals surface area contributed by atoms with Crippen LogP contribution in [0.5, 0.6) is 0 Å². The van der Waals surface area contributed by atoms with Crippen molar-refractivity contribution in [3.05, 3.63) is 29.8 Å². The molecule has 1 fully saturated rings. The van der Waals surface area contributed by atoms with E-state index in [1.807, 2.05) is 32.0 Å². The normalized spacial score (nSPS) is 21.6. The molecule has 1 unspecified atom stereocenters. The Morgan fingerprint density at radius 3 is 2.68 bits per heavy atom.